The Morgan fingerprint density at radius 1 is 1.23 bits per heavy atom. The van der Waals surface area contributed by atoms with E-state index >= 15 is 0 Å². The lowest BCUT2D eigenvalue weighted by molar-refractivity contribution is 0.0338. The first-order valence-electron chi connectivity index (χ1n) is 8.61. The summed E-state index contributed by atoms with van der Waals surface area (Å²) in [5.74, 6) is 0.792. The lowest BCUT2D eigenvalue weighted by Gasteiger charge is -2.27. The van der Waals surface area contributed by atoms with Crippen LogP contribution in [-0.2, 0) is 11.3 Å². The molecule has 0 unspecified atom stereocenters. The van der Waals surface area contributed by atoms with Gasteiger partial charge in [-0.15, -0.1) is 0 Å². The summed E-state index contributed by atoms with van der Waals surface area (Å²) in [5.41, 5.74) is 2.67. The molecule has 0 N–H and O–H groups in total. The van der Waals surface area contributed by atoms with Crippen molar-refractivity contribution in [3.05, 3.63) is 69.7 Å². The number of methoxy groups -OCH3 is 1. The van der Waals surface area contributed by atoms with E-state index in [1.54, 1.807) is 13.2 Å². The van der Waals surface area contributed by atoms with Crippen molar-refractivity contribution in [1.29, 1.82) is 0 Å². The van der Waals surface area contributed by atoms with E-state index in [0.29, 0.717) is 5.56 Å². The maximum absolute atomic E-state index is 12.6. The van der Waals surface area contributed by atoms with Gasteiger partial charge in [-0.1, -0.05) is 34.1 Å². The van der Waals surface area contributed by atoms with Crippen molar-refractivity contribution < 1.29 is 14.3 Å². The molecule has 0 bridgehead atoms. The Balaban J connectivity index is 1.76. The molecule has 1 aliphatic rings. The first-order chi connectivity index (χ1) is 12.7. The highest BCUT2D eigenvalue weighted by molar-refractivity contribution is 9.10. The Kier molecular flexibility index (Phi) is 6.61. The summed E-state index contributed by atoms with van der Waals surface area (Å²) < 4.78 is 11.9. The quantitative estimate of drug-likeness (QED) is 0.523. The largest absolute Gasteiger partial charge is 0.496 e. The Bertz CT molecular complexity index is 798. The second kappa shape index (κ2) is 9.12. The fourth-order valence-electron chi connectivity index (χ4n) is 2.93. The third-order valence-electron chi connectivity index (χ3n) is 4.34. The van der Waals surface area contributed by atoms with Gasteiger partial charge in [-0.3, -0.25) is 9.69 Å². The fourth-order valence-corrected chi connectivity index (χ4v) is 3.35. The minimum Gasteiger partial charge on any atom is -0.496 e. The Morgan fingerprint density at radius 2 is 2.04 bits per heavy atom. The number of benzene rings is 2. The Labute approximate surface area is 162 Å². The third-order valence-corrected chi connectivity index (χ3v) is 4.83. The number of allylic oxidation sites excluding steroid dienone is 1. The lowest BCUT2D eigenvalue weighted by atomic mass is 10.0. The molecule has 0 aliphatic carbocycles. The lowest BCUT2D eigenvalue weighted by Crippen LogP contribution is -2.35. The van der Waals surface area contributed by atoms with E-state index in [2.05, 4.69) is 20.8 Å². The Morgan fingerprint density at radius 3 is 2.77 bits per heavy atom. The summed E-state index contributed by atoms with van der Waals surface area (Å²) in [7, 11) is 1.66. The van der Waals surface area contributed by atoms with Crippen molar-refractivity contribution in [2.75, 3.05) is 33.4 Å². The zero-order valence-electron chi connectivity index (χ0n) is 14.8. The van der Waals surface area contributed by atoms with Crippen LogP contribution in [0.2, 0.25) is 0 Å². The standard InChI is InChI=1S/C21H22BrNO3/c1-25-21-8-6-17(14-18(21)15-23-9-11-26-12-10-23)20(24)7-5-16-3-2-4-19(22)13-16/h2-8,13-14H,9-12,15H2,1H3/b7-5+. The number of hydrogen-bond donors (Lipinski definition) is 0. The summed E-state index contributed by atoms with van der Waals surface area (Å²) in [6.07, 6.45) is 3.45. The molecule has 0 aromatic heterocycles. The number of rotatable bonds is 6. The van der Waals surface area contributed by atoms with Crippen LogP contribution >= 0.6 is 15.9 Å². The molecule has 0 radical (unpaired) electrons. The van der Waals surface area contributed by atoms with E-state index < -0.39 is 0 Å². The van der Waals surface area contributed by atoms with Crippen LogP contribution in [0, 0.1) is 0 Å². The van der Waals surface area contributed by atoms with E-state index in [9.17, 15) is 4.79 Å². The molecule has 0 atom stereocenters. The summed E-state index contributed by atoms with van der Waals surface area (Å²) in [4.78, 5) is 14.9. The average Bonchev–Trinajstić information content (AvgIpc) is 2.67. The van der Waals surface area contributed by atoms with Gasteiger partial charge in [-0.2, -0.15) is 0 Å². The van der Waals surface area contributed by atoms with Gasteiger partial charge in [0.1, 0.15) is 5.75 Å². The summed E-state index contributed by atoms with van der Waals surface area (Å²) in [6.45, 7) is 4.03. The van der Waals surface area contributed by atoms with Crippen LogP contribution in [0.15, 0.2) is 53.0 Å². The number of ether oxygens (including phenoxy) is 2. The van der Waals surface area contributed by atoms with Crippen molar-refractivity contribution in [3.8, 4) is 5.75 Å². The van der Waals surface area contributed by atoms with E-state index in [1.165, 1.54) is 0 Å². The molecule has 0 spiro atoms. The van der Waals surface area contributed by atoms with Gasteiger partial charge in [0.25, 0.3) is 0 Å². The topological polar surface area (TPSA) is 38.8 Å². The van der Waals surface area contributed by atoms with Crippen LogP contribution in [0.3, 0.4) is 0 Å². The SMILES string of the molecule is COc1ccc(C(=O)/C=C/c2cccc(Br)c2)cc1CN1CCOCC1. The van der Waals surface area contributed by atoms with Gasteiger partial charge in [0, 0.05) is 35.2 Å². The minimum atomic E-state index is -0.0177. The zero-order chi connectivity index (χ0) is 18.4. The van der Waals surface area contributed by atoms with Gasteiger partial charge in [0.05, 0.1) is 20.3 Å². The number of hydrogen-bond acceptors (Lipinski definition) is 4. The molecule has 136 valence electrons. The molecule has 0 saturated carbocycles. The fraction of sp³-hybridized carbons (Fsp3) is 0.286. The average molecular weight is 416 g/mol. The van der Waals surface area contributed by atoms with Crippen molar-refractivity contribution >= 4 is 27.8 Å². The predicted molar refractivity (Wildman–Crippen MR) is 107 cm³/mol. The number of nitrogens with zero attached hydrogens (tertiary/aromatic N) is 1. The van der Waals surface area contributed by atoms with Crippen LogP contribution in [0.1, 0.15) is 21.5 Å². The molecular formula is C21H22BrNO3. The first kappa shape index (κ1) is 18.8. The summed E-state index contributed by atoms with van der Waals surface area (Å²) in [5, 5.41) is 0. The predicted octanol–water partition coefficient (Wildman–Crippen LogP) is 4.19. The molecule has 4 nitrogen and oxygen atoms in total. The molecule has 2 aromatic rings. The molecule has 1 heterocycles. The van der Waals surface area contributed by atoms with E-state index in [1.807, 2.05) is 48.5 Å². The number of carbonyl (C=O) groups is 1. The molecule has 0 amide bonds. The molecular weight excluding hydrogens is 394 g/mol. The summed E-state index contributed by atoms with van der Waals surface area (Å²) in [6, 6.07) is 13.5. The van der Waals surface area contributed by atoms with E-state index in [4.69, 9.17) is 9.47 Å². The Hall–Kier alpha value is -1.95. The number of morpholine rings is 1. The van der Waals surface area contributed by atoms with Crippen LogP contribution in [0.5, 0.6) is 5.75 Å². The molecule has 3 rings (SSSR count). The highest BCUT2D eigenvalue weighted by Crippen LogP contribution is 2.23. The normalized spacial score (nSPS) is 15.3. The van der Waals surface area contributed by atoms with E-state index in [0.717, 1.165) is 54.2 Å². The van der Waals surface area contributed by atoms with Gasteiger partial charge in [-0.05, 0) is 42.0 Å². The maximum atomic E-state index is 12.6. The van der Waals surface area contributed by atoms with Crippen LogP contribution < -0.4 is 4.74 Å². The third kappa shape index (κ3) is 5.04. The molecule has 1 saturated heterocycles. The number of carbonyl (C=O) groups excluding carboxylic acids is 1. The van der Waals surface area contributed by atoms with Crippen molar-refractivity contribution in [3.63, 3.8) is 0 Å². The number of ketones is 1. The van der Waals surface area contributed by atoms with Crippen molar-refractivity contribution in [2.24, 2.45) is 0 Å². The monoisotopic (exact) mass is 415 g/mol. The van der Waals surface area contributed by atoms with Gasteiger partial charge >= 0.3 is 0 Å². The zero-order valence-corrected chi connectivity index (χ0v) is 16.4. The van der Waals surface area contributed by atoms with Crippen LogP contribution in [-0.4, -0.2) is 44.1 Å². The second-order valence-electron chi connectivity index (χ2n) is 6.17. The molecule has 5 heteroatoms. The van der Waals surface area contributed by atoms with Crippen molar-refractivity contribution in [1.82, 2.24) is 4.90 Å². The van der Waals surface area contributed by atoms with Crippen molar-refractivity contribution in [2.45, 2.75) is 6.54 Å². The summed E-state index contributed by atoms with van der Waals surface area (Å²) >= 11 is 3.44. The molecule has 2 aromatic carbocycles. The minimum absolute atomic E-state index is 0.0177. The molecule has 26 heavy (non-hydrogen) atoms. The van der Waals surface area contributed by atoms with Gasteiger partial charge < -0.3 is 9.47 Å². The second-order valence-corrected chi connectivity index (χ2v) is 7.08. The maximum Gasteiger partial charge on any atom is 0.185 e. The van der Waals surface area contributed by atoms with Gasteiger partial charge in [0.15, 0.2) is 5.78 Å². The highest BCUT2D eigenvalue weighted by atomic mass is 79.9. The van der Waals surface area contributed by atoms with Gasteiger partial charge in [-0.25, -0.2) is 0 Å². The van der Waals surface area contributed by atoms with Crippen LogP contribution in [0.25, 0.3) is 6.08 Å². The van der Waals surface area contributed by atoms with E-state index in [-0.39, 0.29) is 5.78 Å². The van der Waals surface area contributed by atoms with Gasteiger partial charge in [0.2, 0.25) is 0 Å². The first-order valence-corrected chi connectivity index (χ1v) is 9.40. The smallest absolute Gasteiger partial charge is 0.185 e. The number of halogens is 1. The molecule has 1 fully saturated rings. The highest BCUT2D eigenvalue weighted by Gasteiger charge is 2.15. The molecule has 1 aliphatic heterocycles. The van der Waals surface area contributed by atoms with Crippen LogP contribution in [0.4, 0.5) is 0 Å².